The van der Waals surface area contributed by atoms with Crippen molar-refractivity contribution in [1.29, 1.82) is 0 Å². The van der Waals surface area contributed by atoms with Gasteiger partial charge in [-0.15, -0.1) is 0 Å². The molecule has 4 heterocycles. The summed E-state index contributed by atoms with van der Waals surface area (Å²) in [5.74, 6) is 0.400. The number of nitrogens with zero attached hydrogens (tertiary/aromatic N) is 5. The zero-order chi connectivity index (χ0) is 18.2. The molecular formula is C20H21N5OS. The SMILES string of the molecule is Cc1nn2cc(CCn3cnc(-c4ccccc4)c3[C@H]3CCOC3)nc2s1. The molecule has 27 heavy (non-hydrogen) atoms. The highest BCUT2D eigenvalue weighted by molar-refractivity contribution is 7.16. The Balaban J connectivity index is 1.44. The van der Waals surface area contributed by atoms with Gasteiger partial charge in [-0.1, -0.05) is 41.7 Å². The van der Waals surface area contributed by atoms with Gasteiger partial charge in [0, 0.05) is 31.1 Å². The fourth-order valence-electron chi connectivity index (χ4n) is 3.77. The first kappa shape index (κ1) is 16.6. The molecule has 3 aromatic heterocycles. The molecule has 0 unspecified atom stereocenters. The standard InChI is InChI=1S/C20H21N5OS/c1-14-23-25-11-17(22-20(25)27-14)7-9-24-13-21-18(15-5-3-2-4-6-15)19(24)16-8-10-26-12-16/h2-6,11,13,16H,7-10,12H2,1H3/t16-/m0/s1. The van der Waals surface area contributed by atoms with Crippen LogP contribution < -0.4 is 0 Å². The fourth-order valence-corrected chi connectivity index (χ4v) is 4.51. The van der Waals surface area contributed by atoms with Gasteiger partial charge in [0.05, 0.1) is 36.2 Å². The molecule has 0 amide bonds. The average Bonchev–Trinajstić information content (AvgIpc) is 3.43. The molecule has 0 aliphatic carbocycles. The van der Waals surface area contributed by atoms with Crippen LogP contribution in [0.25, 0.3) is 16.2 Å². The van der Waals surface area contributed by atoms with E-state index < -0.39 is 0 Å². The summed E-state index contributed by atoms with van der Waals surface area (Å²) in [4.78, 5) is 10.4. The van der Waals surface area contributed by atoms with E-state index >= 15 is 0 Å². The number of aromatic nitrogens is 5. The number of rotatable bonds is 5. The molecule has 7 heteroatoms. The molecule has 6 nitrogen and oxygen atoms in total. The van der Waals surface area contributed by atoms with Crippen LogP contribution in [-0.2, 0) is 17.7 Å². The van der Waals surface area contributed by atoms with Crippen molar-refractivity contribution in [3.8, 4) is 11.3 Å². The molecule has 138 valence electrons. The Morgan fingerprint density at radius 2 is 2.15 bits per heavy atom. The van der Waals surface area contributed by atoms with Crippen molar-refractivity contribution in [2.75, 3.05) is 13.2 Å². The number of hydrogen-bond donors (Lipinski definition) is 0. The van der Waals surface area contributed by atoms with Crippen LogP contribution in [-0.4, -0.2) is 37.4 Å². The van der Waals surface area contributed by atoms with E-state index in [2.05, 4.69) is 33.9 Å². The van der Waals surface area contributed by atoms with Crippen LogP contribution in [0.4, 0.5) is 0 Å². The Labute approximate surface area is 161 Å². The van der Waals surface area contributed by atoms with Gasteiger partial charge >= 0.3 is 0 Å². The van der Waals surface area contributed by atoms with Crippen molar-refractivity contribution in [2.24, 2.45) is 0 Å². The first-order valence-electron chi connectivity index (χ1n) is 9.28. The molecule has 5 rings (SSSR count). The van der Waals surface area contributed by atoms with E-state index in [1.165, 1.54) is 11.3 Å². The summed E-state index contributed by atoms with van der Waals surface area (Å²) in [6, 6.07) is 10.4. The number of hydrogen-bond acceptors (Lipinski definition) is 5. The summed E-state index contributed by atoms with van der Waals surface area (Å²) >= 11 is 1.62. The van der Waals surface area contributed by atoms with Gasteiger partial charge in [-0.05, 0) is 13.3 Å². The monoisotopic (exact) mass is 379 g/mol. The Morgan fingerprint density at radius 3 is 2.93 bits per heavy atom. The van der Waals surface area contributed by atoms with E-state index in [0.29, 0.717) is 5.92 Å². The van der Waals surface area contributed by atoms with Crippen LogP contribution >= 0.6 is 11.3 Å². The van der Waals surface area contributed by atoms with E-state index in [0.717, 1.165) is 54.0 Å². The lowest BCUT2D eigenvalue weighted by Crippen LogP contribution is -2.10. The fraction of sp³-hybridized carbons (Fsp3) is 0.350. The highest BCUT2D eigenvalue weighted by atomic mass is 32.1. The van der Waals surface area contributed by atoms with Crippen LogP contribution in [0.5, 0.6) is 0 Å². The van der Waals surface area contributed by atoms with Crippen molar-refractivity contribution in [3.05, 3.63) is 59.3 Å². The summed E-state index contributed by atoms with van der Waals surface area (Å²) in [7, 11) is 0. The van der Waals surface area contributed by atoms with Gasteiger partial charge in [-0.2, -0.15) is 5.10 Å². The van der Waals surface area contributed by atoms with Crippen LogP contribution in [0.1, 0.15) is 28.7 Å². The van der Waals surface area contributed by atoms with Crippen LogP contribution in [0.2, 0.25) is 0 Å². The maximum Gasteiger partial charge on any atom is 0.212 e. The van der Waals surface area contributed by atoms with Crippen molar-refractivity contribution >= 4 is 16.3 Å². The van der Waals surface area contributed by atoms with E-state index in [4.69, 9.17) is 14.7 Å². The third-order valence-corrected chi connectivity index (χ3v) is 5.88. The maximum absolute atomic E-state index is 5.67. The van der Waals surface area contributed by atoms with Gasteiger partial charge in [0.2, 0.25) is 4.96 Å². The van der Waals surface area contributed by atoms with Gasteiger partial charge in [0.15, 0.2) is 0 Å². The summed E-state index contributed by atoms with van der Waals surface area (Å²) in [5, 5.41) is 5.49. The molecular weight excluding hydrogens is 358 g/mol. The molecule has 1 aliphatic heterocycles. The molecule has 0 spiro atoms. The lowest BCUT2D eigenvalue weighted by molar-refractivity contribution is 0.193. The predicted octanol–water partition coefficient (Wildman–Crippen LogP) is 3.71. The average molecular weight is 379 g/mol. The summed E-state index contributed by atoms with van der Waals surface area (Å²) in [5.41, 5.74) is 4.60. The van der Waals surface area contributed by atoms with Crippen molar-refractivity contribution in [3.63, 3.8) is 0 Å². The zero-order valence-corrected chi connectivity index (χ0v) is 16.0. The molecule has 0 N–H and O–H groups in total. The van der Waals surface area contributed by atoms with Crippen molar-refractivity contribution in [2.45, 2.75) is 32.2 Å². The molecule has 1 aromatic carbocycles. The minimum absolute atomic E-state index is 0.400. The first-order valence-corrected chi connectivity index (χ1v) is 10.1. The van der Waals surface area contributed by atoms with Gasteiger partial charge in [-0.3, -0.25) is 0 Å². The third-order valence-electron chi connectivity index (χ3n) is 5.04. The number of benzene rings is 1. The van der Waals surface area contributed by atoms with Gasteiger partial charge < -0.3 is 9.30 Å². The lowest BCUT2D eigenvalue weighted by Gasteiger charge is -2.14. The number of fused-ring (bicyclic) bond motifs is 1. The highest BCUT2D eigenvalue weighted by Gasteiger charge is 2.26. The minimum Gasteiger partial charge on any atom is -0.381 e. The Kier molecular flexibility index (Phi) is 4.26. The van der Waals surface area contributed by atoms with E-state index in [9.17, 15) is 0 Å². The first-order chi connectivity index (χ1) is 13.3. The maximum atomic E-state index is 5.67. The Morgan fingerprint density at radius 1 is 1.26 bits per heavy atom. The van der Waals surface area contributed by atoms with Crippen LogP contribution in [0.3, 0.4) is 0 Å². The van der Waals surface area contributed by atoms with E-state index in [-0.39, 0.29) is 0 Å². The van der Waals surface area contributed by atoms with E-state index in [1.54, 1.807) is 11.3 Å². The molecule has 0 radical (unpaired) electrons. The van der Waals surface area contributed by atoms with Crippen molar-refractivity contribution < 1.29 is 4.74 Å². The van der Waals surface area contributed by atoms with Crippen LogP contribution in [0, 0.1) is 6.92 Å². The number of ether oxygens (including phenoxy) is 1. The Hall–Kier alpha value is -2.51. The molecule has 1 aliphatic rings. The van der Waals surface area contributed by atoms with E-state index in [1.807, 2.05) is 30.0 Å². The predicted molar refractivity (Wildman–Crippen MR) is 105 cm³/mol. The van der Waals surface area contributed by atoms with Gasteiger partial charge in [-0.25, -0.2) is 14.5 Å². The number of aryl methyl sites for hydroxylation is 3. The van der Waals surface area contributed by atoms with Gasteiger partial charge in [0.1, 0.15) is 5.01 Å². The topological polar surface area (TPSA) is 57.2 Å². The summed E-state index contributed by atoms with van der Waals surface area (Å²) in [6.45, 7) is 4.46. The zero-order valence-electron chi connectivity index (χ0n) is 15.2. The largest absolute Gasteiger partial charge is 0.381 e. The quantitative estimate of drug-likeness (QED) is 0.530. The second-order valence-corrected chi connectivity index (χ2v) is 8.09. The third kappa shape index (κ3) is 3.17. The smallest absolute Gasteiger partial charge is 0.212 e. The normalized spacial score (nSPS) is 17.1. The van der Waals surface area contributed by atoms with Gasteiger partial charge in [0.25, 0.3) is 0 Å². The second kappa shape index (κ2) is 6.90. The lowest BCUT2D eigenvalue weighted by atomic mass is 9.99. The molecule has 1 atom stereocenters. The molecule has 4 aromatic rings. The van der Waals surface area contributed by atoms with Crippen LogP contribution in [0.15, 0.2) is 42.9 Å². The molecule has 0 saturated carbocycles. The minimum atomic E-state index is 0.400. The molecule has 1 saturated heterocycles. The molecule has 0 bridgehead atoms. The number of imidazole rings is 2. The molecule has 1 fully saturated rings. The van der Waals surface area contributed by atoms with Crippen molar-refractivity contribution in [1.82, 2.24) is 24.1 Å². The highest BCUT2D eigenvalue weighted by Crippen LogP contribution is 2.33. The summed E-state index contributed by atoms with van der Waals surface area (Å²) in [6.07, 6.45) is 5.91. The summed E-state index contributed by atoms with van der Waals surface area (Å²) < 4.78 is 9.83. The Bertz CT molecular complexity index is 1030. The second-order valence-electron chi connectivity index (χ2n) is 6.93.